The van der Waals surface area contributed by atoms with Crippen LogP contribution in [0, 0.1) is 0 Å². The van der Waals surface area contributed by atoms with E-state index in [1.165, 1.54) is 0 Å². The molecule has 0 radical (unpaired) electrons. The smallest absolute Gasteiger partial charge is 0.337 e. The number of hydrogen-bond acceptors (Lipinski definition) is 5. The van der Waals surface area contributed by atoms with Crippen molar-refractivity contribution in [3.8, 4) is 5.75 Å². The molecule has 5 rings (SSSR count). The molecule has 1 fully saturated rings. The van der Waals surface area contributed by atoms with Crippen molar-refractivity contribution in [1.29, 1.82) is 0 Å². The molecular formula is C29H30ClNO4. The minimum Gasteiger partial charge on any atom is -0.495 e. The van der Waals surface area contributed by atoms with Crippen molar-refractivity contribution in [3.63, 3.8) is 0 Å². The first-order chi connectivity index (χ1) is 17.0. The molecule has 182 valence electrons. The molecule has 0 amide bonds. The van der Waals surface area contributed by atoms with Crippen LogP contribution >= 0.6 is 11.6 Å². The SMILES string of the molecule is COc1ccc([C@H]2C(C(=O)OC3CCCC3)=C(C)NC3=C2C(=O)C[C@@H](c2ccccc2)C3)cc1Cl. The summed E-state index contributed by atoms with van der Waals surface area (Å²) in [5.41, 5.74) is 4.67. The van der Waals surface area contributed by atoms with E-state index < -0.39 is 5.92 Å². The van der Waals surface area contributed by atoms with E-state index in [9.17, 15) is 9.59 Å². The number of ether oxygens (including phenoxy) is 2. The summed E-state index contributed by atoms with van der Waals surface area (Å²) in [7, 11) is 1.56. The monoisotopic (exact) mass is 491 g/mol. The van der Waals surface area contributed by atoms with Gasteiger partial charge in [0.1, 0.15) is 11.9 Å². The highest BCUT2D eigenvalue weighted by atomic mass is 35.5. The predicted molar refractivity (Wildman–Crippen MR) is 135 cm³/mol. The zero-order chi connectivity index (χ0) is 24.5. The van der Waals surface area contributed by atoms with Crippen molar-refractivity contribution in [3.05, 3.63) is 87.2 Å². The number of carbonyl (C=O) groups is 2. The van der Waals surface area contributed by atoms with Gasteiger partial charge in [0.05, 0.1) is 17.7 Å². The first kappa shape index (κ1) is 23.7. The zero-order valence-corrected chi connectivity index (χ0v) is 20.9. The van der Waals surface area contributed by atoms with Crippen LogP contribution in [0.1, 0.15) is 68.4 Å². The van der Waals surface area contributed by atoms with Crippen LogP contribution in [0.2, 0.25) is 5.02 Å². The lowest BCUT2D eigenvalue weighted by Gasteiger charge is -2.37. The van der Waals surface area contributed by atoms with E-state index in [1.54, 1.807) is 19.2 Å². The van der Waals surface area contributed by atoms with E-state index in [4.69, 9.17) is 21.1 Å². The Morgan fingerprint density at radius 1 is 1.03 bits per heavy atom. The van der Waals surface area contributed by atoms with Gasteiger partial charge in [0, 0.05) is 29.3 Å². The summed E-state index contributed by atoms with van der Waals surface area (Å²) in [5, 5.41) is 3.86. The largest absolute Gasteiger partial charge is 0.495 e. The Morgan fingerprint density at radius 3 is 2.46 bits per heavy atom. The molecule has 0 aromatic heterocycles. The maximum Gasteiger partial charge on any atom is 0.337 e. The molecule has 0 spiro atoms. The third-order valence-electron chi connectivity index (χ3n) is 7.40. The third kappa shape index (κ3) is 4.62. The van der Waals surface area contributed by atoms with Gasteiger partial charge in [-0.1, -0.05) is 48.0 Å². The van der Waals surface area contributed by atoms with Crippen LogP contribution in [0.15, 0.2) is 71.1 Å². The Balaban J connectivity index is 1.57. The number of nitrogens with one attached hydrogen (secondary N) is 1. The summed E-state index contributed by atoms with van der Waals surface area (Å²) in [6.45, 7) is 1.89. The summed E-state index contributed by atoms with van der Waals surface area (Å²) in [4.78, 5) is 27.2. The Bertz CT molecular complexity index is 1210. The molecule has 2 aromatic carbocycles. The second kappa shape index (κ2) is 9.90. The average Bonchev–Trinajstić information content (AvgIpc) is 3.36. The molecule has 1 aliphatic heterocycles. The molecule has 0 unspecified atom stereocenters. The van der Waals surface area contributed by atoms with Gasteiger partial charge in [0.15, 0.2) is 5.78 Å². The Hall–Kier alpha value is -3.05. The molecular weight excluding hydrogens is 462 g/mol. The maximum absolute atomic E-state index is 13.7. The van der Waals surface area contributed by atoms with Crippen LogP contribution < -0.4 is 10.1 Å². The van der Waals surface area contributed by atoms with Crippen molar-refractivity contribution in [2.75, 3.05) is 7.11 Å². The minimum absolute atomic E-state index is 0.0446. The van der Waals surface area contributed by atoms with Gasteiger partial charge in [0.25, 0.3) is 0 Å². The molecule has 2 atom stereocenters. The van der Waals surface area contributed by atoms with Gasteiger partial charge in [-0.05, 0) is 68.2 Å². The highest BCUT2D eigenvalue weighted by Crippen LogP contribution is 2.47. The number of ketones is 1. The topological polar surface area (TPSA) is 64.6 Å². The lowest BCUT2D eigenvalue weighted by Crippen LogP contribution is -2.36. The van der Waals surface area contributed by atoms with Crippen LogP contribution in [0.25, 0.3) is 0 Å². The van der Waals surface area contributed by atoms with E-state index in [0.717, 1.165) is 48.2 Å². The van der Waals surface area contributed by atoms with Crippen LogP contribution in [0.4, 0.5) is 0 Å². The van der Waals surface area contributed by atoms with Gasteiger partial charge >= 0.3 is 5.97 Å². The molecule has 2 aromatic rings. The molecule has 3 aliphatic rings. The second-order valence-corrected chi connectivity index (χ2v) is 10.0. The Morgan fingerprint density at radius 2 is 1.77 bits per heavy atom. The average molecular weight is 492 g/mol. The van der Waals surface area contributed by atoms with E-state index in [0.29, 0.717) is 34.8 Å². The van der Waals surface area contributed by atoms with Crippen LogP contribution in [0.3, 0.4) is 0 Å². The number of allylic oxidation sites excluding steroid dienone is 3. The van der Waals surface area contributed by atoms with E-state index in [-0.39, 0.29) is 23.8 Å². The van der Waals surface area contributed by atoms with Crippen LogP contribution in [0.5, 0.6) is 5.75 Å². The maximum atomic E-state index is 13.7. The van der Waals surface area contributed by atoms with E-state index in [2.05, 4.69) is 17.4 Å². The fraction of sp³-hybridized carbons (Fsp3) is 0.379. The molecule has 2 aliphatic carbocycles. The first-order valence-electron chi connectivity index (χ1n) is 12.3. The summed E-state index contributed by atoms with van der Waals surface area (Å²) in [5.74, 6) is -0.206. The Kier molecular flexibility index (Phi) is 6.70. The van der Waals surface area contributed by atoms with Crippen molar-refractivity contribution < 1.29 is 19.1 Å². The number of rotatable bonds is 5. The zero-order valence-electron chi connectivity index (χ0n) is 20.1. The molecule has 35 heavy (non-hydrogen) atoms. The number of carbonyl (C=O) groups excluding carboxylic acids is 2. The lowest BCUT2D eigenvalue weighted by atomic mass is 9.71. The first-order valence-corrected chi connectivity index (χ1v) is 12.7. The number of esters is 1. The number of halogens is 1. The quantitative estimate of drug-likeness (QED) is 0.505. The second-order valence-electron chi connectivity index (χ2n) is 9.63. The number of hydrogen-bond donors (Lipinski definition) is 1. The van der Waals surface area contributed by atoms with Gasteiger partial charge in [0.2, 0.25) is 0 Å². The molecule has 1 heterocycles. The summed E-state index contributed by atoms with van der Waals surface area (Å²) < 4.78 is 11.3. The molecule has 0 bridgehead atoms. The standard InChI is InChI=1S/C29H30ClNO4/c1-17-26(29(33)35-21-10-6-7-11-21)27(19-12-13-25(34-2)22(30)14-19)28-23(31-17)15-20(16-24(28)32)18-8-4-3-5-9-18/h3-5,8-9,12-14,20-21,27,31H,6-7,10-11,15-16H2,1-2H3/t20-,27-/m0/s1. The molecule has 5 nitrogen and oxygen atoms in total. The predicted octanol–water partition coefficient (Wildman–Crippen LogP) is 6.20. The van der Waals surface area contributed by atoms with Crippen molar-refractivity contribution in [2.45, 2.75) is 63.4 Å². The fourth-order valence-corrected chi connectivity index (χ4v) is 5.95. The summed E-state index contributed by atoms with van der Waals surface area (Å²) in [6.07, 6.45) is 4.94. The van der Waals surface area contributed by atoms with E-state index >= 15 is 0 Å². The lowest BCUT2D eigenvalue weighted by molar-refractivity contribution is -0.144. The molecule has 0 saturated heterocycles. The normalized spacial score (nSPS) is 22.7. The minimum atomic E-state index is -0.534. The van der Waals surface area contributed by atoms with Crippen molar-refractivity contribution in [1.82, 2.24) is 5.32 Å². The van der Waals surface area contributed by atoms with Crippen LogP contribution in [-0.4, -0.2) is 25.0 Å². The highest BCUT2D eigenvalue weighted by molar-refractivity contribution is 6.32. The number of benzene rings is 2. The number of methoxy groups -OCH3 is 1. The third-order valence-corrected chi connectivity index (χ3v) is 7.70. The fourth-order valence-electron chi connectivity index (χ4n) is 5.69. The van der Waals surface area contributed by atoms with E-state index in [1.807, 2.05) is 31.2 Å². The molecule has 1 N–H and O–H groups in total. The van der Waals surface area contributed by atoms with Gasteiger partial charge in [-0.3, -0.25) is 4.79 Å². The Labute approximate surface area is 211 Å². The summed E-state index contributed by atoms with van der Waals surface area (Å²) in [6, 6.07) is 15.6. The van der Waals surface area contributed by atoms with Crippen molar-refractivity contribution >= 4 is 23.4 Å². The number of Topliss-reactive ketones (excluding diaryl/α,β-unsaturated/α-hetero) is 1. The van der Waals surface area contributed by atoms with Gasteiger partial charge in [-0.15, -0.1) is 0 Å². The molecule has 6 heteroatoms. The van der Waals surface area contributed by atoms with Gasteiger partial charge in [-0.2, -0.15) is 0 Å². The van der Waals surface area contributed by atoms with Gasteiger partial charge in [-0.25, -0.2) is 4.79 Å². The highest BCUT2D eigenvalue weighted by Gasteiger charge is 2.42. The van der Waals surface area contributed by atoms with Crippen LogP contribution in [-0.2, 0) is 14.3 Å². The number of dihydropyridines is 1. The molecule has 1 saturated carbocycles. The van der Waals surface area contributed by atoms with Gasteiger partial charge < -0.3 is 14.8 Å². The van der Waals surface area contributed by atoms with Crippen molar-refractivity contribution in [2.24, 2.45) is 0 Å². The summed E-state index contributed by atoms with van der Waals surface area (Å²) >= 11 is 6.49.